The summed E-state index contributed by atoms with van der Waals surface area (Å²) < 4.78 is 13.6. The lowest BCUT2D eigenvalue weighted by Gasteiger charge is -2.11. The largest absolute Gasteiger partial charge is 0.381 e. The van der Waals surface area contributed by atoms with E-state index in [9.17, 15) is 9.18 Å². The molecule has 0 atom stereocenters. The molecule has 3 aromatic rings. The first-order valence-electron chi connectivity index (χ1n) is 9.41. The predicted octanol–water partition coefficient (Wildman–Crippen LogP) is 4.91. The van der Waals surface area contributed by atoms with E-state index in [4.69, 9.17) is 0 Å². The highest BCUT2D eigenvalue weighted by Gasteiger charge is 2.06. The fourth-order valence-electron chi connectivity index (χ4n) is 3.02. The number of anilines is 1. The van der Waals surface area contributed by atoms with Gasteiger partial charge in [0, 0.05) is 24.3 Å². The molecule has 4 heteroatoms. The Labute approximate surface area is 165 Å². The van der Waals surface area contributed by atoms with E-state index in [1.165, 1.54) is 22.8 Å². The molecule has 3 aromatic carbocycles. The SMILES string of the molecule is Cc1cccc(CNc2ccc(CC(=O)NCc3ccccc3F)cc2)c1C. The van der Waals surface area contributed by atoms with Crippen LogP contribution >= 0.6 is 0 Å². The lowest BCUT2D eigenvalue weighted by Crippen LogP contribution is -2.25. The maximum Gasteiger partial charge on any atom is 0.224 e. The molecular formula is C24H25FN2O. The molecule has 28 heavy (non-hydrogen) atoms. The molecule has 1 amide bonds. The van der Waals surface area contributed by atoms with E-state index in [1.54, 1.807) is 18.2 Å². The maximum absolute atomic E-state index is 13.6. The van der Waals surface area contributed by atoms with Gasteiger partial charge < -0.3 is 10.6 Å². The van der Waals surface area contributed by atoms with Gasteiger partial charge in [-0.1, -0.05) is 48.5 Å². The number of hydrogen-bond donors (Lipinski definition) is 2. The van der Waals surface area contributed by atoms with Crippen molar-refractivity contribution < 1.29 is 9.18 Å². The second-order valence-electron chi connectivity index (χ2n) is 6.95. The summed E-state index contributed by atoms with van der Waals surface area (Å²) in [6.07, 6.45) is 0.270. The molecule has 0 unspecified atom stereocenters. The highest BCUT2D eigenvalue weighted by molar-refractivity contribution is 5.78. The summed E-state index contributed by atoms with van der Waals surface area (Å²) >= 11 is 0. The minimum atomic E-state index is -0.304. The molecule has 0 fully saturated rings. The van der Waals surface area contributed by atoms with Crippen LogP contribution in [0, 0.1) is 19.7 Å². The molecule has 0 saturated heterocycles. The summed E-state index contributed by atoms with van der Waals surface area (Å²) in [5, 5.41) is 6.19. The monoisotopic (exact) mass is 376 g/mol. The number of halogens is 1. The van der Waals surface area contributed by atoms with E-state index in [0.29, 0.717) is 5.56 Å². The number of nitrogens with one attached hydrogen (secondary N) is 2. The molecule has 0 heterocycles. The zero-order valence-corrected chi connectivity index (χ0v) is 16.3. The van der Waals surface area contributed by atoms with Crippen molar-refractivity contribution in [2.24, 2.45) is 0 Å². The van der Waals surface area contributed by atoms with Crippen LogP contribution in [0.3, 0.4) is 0 Å². The highest BCUT2D eigenvalue weighted by Crippen LogP contribution is 2.16. The molecule has 144 valence electrons. The summed E-state index contributed by atoms with van der Waals surface area (Å²) in [7, 11) is 0. The van der Waals surface area contributed by atoms with Crippen LogP contribution in [-0.4, -0.2) is 5.91 Å². The molecule has 0 spiro atoms. The number of benzene rings is 3. The minimum absolute atomic E-state index is 0.126. The van der Waals surface area contributed by atoms with Crippen molar-refractivity contribution in [3.8, 4) is 0 Å². The van der Waals surface area contributed by atoms with Gasteiger partial charge >= 0.3 is 0 Å². The first-order valence-corrected chi connectivity index (χ1v) is 9.41. The van der Waals surface area contributed by atoms with Crippen LogP contribution in [0.1, 0.15) is 27.8 Å². The van der Waals surface area contributed by atoms with Gasteiger partial charge in [-0.2, -0.15) is 0 Å². The average Bonchev–Trinajstić information content (AvgIpc) is 2.69. The van der Waals surface area contributed by atoms with Crippen LogP contribution in [0.5, 0.6) is 0 Å². The number of rotatable bonds is 7. The Morgan fingerprint density at radius 1 is 0.857 bits per heavy atom. The number of amides is 1. The number of carbonyl (C=O) groups excluding carboxylic acids is 1. The van der Waals surface area contributed by atoms with Crippen molar-refractivity contribution in [2.75, 3.05) is 5.32 Å². The van der Waals surface area contributed by atoms with Gasteiger partial charge in [0.05, 0.1) is 6.42 Å². The number of carbonyl (C=O) groups is 1. The van der Waals surface area contributed by atoms with E-state index in [0.717, 1.165) is 17.8 Å². The summed E-state index contributed by atoms with van der Waals surface area (Å²) in [4.78, 5) is 12.1. The second kappa shape index (κ2) is 9.18. The van der Waals surface area contributed by atoms with Gasteiger partial charge in [0.25, 0.3) is 0 Å². The molecule has 0 bridgehead atoms. The first-order chi connectivity index (χ1) is 13.5. The fourth-order valence-corrected chi connectivity index (χ4v) is 3.02. The Hall–Kier alpha value is -3.14. The van der Waals surface area contributed by atoms with Gasteiger partial charge in [-0.05, 0) is 54.3 Å². The van der Waals surface area contributed by atoms with Crippen molar-refractivity contribution in [1.29, 1.82) is 0 Å². The van der Waals surface area contributed by atoms with Crippen molar-refractivity contribution in [2.45, 2.75) is 33.4 Å². The summed E-state index contributed by atoms with van der Waals surface area (Å²) in [5.74, 6) is -0.429. The first kappa shape index (κ1) is 19.6. The molecule has 3 rings (SSSR count). The van der Waals surface area contributed by atoms with E-state index in [2.05, 4.69) is 42.7 Å². The lowest BCUT2D eigenvalue weighted by atomic mass is 10.0. The van der Waals surface area contributed by atoms with Gasteiger partial charge in [0.1, 0.15) is 5.82 Å². The lowest BCUT2D eigenvalue weighted by molar-refractivity contribution is -0.120. The molecule has 0 aliphatic rings. The molecule has 0 aliphatic carbocycles. The molecular weight excluding hydrogens is 351 g/mol. The summed E-state index contributed by atoms with van der Waals surface area (Å²) in [6, 6.07) is 20.6. The minimum Gasteiger partial charge on any atom is -0.381 e. The molecule has 0 aromatic heterocycles. The molecule has 0 radical (unpaired) electrons. The Balaban J connectivity index is 1.50. The van der Waals surface area contributed by atoms with Crippen molar-refractivity contribution in [3.05, 3.63) is 100 Å². The second-order valence-corrected chi connectivity index (χ2v) is 6.95. The van der Waals surface area contributed by atoms with Gasteiger partial charge in [-0.3, -0.25) is 4.79 Å². The predicted molar refractivity (Wildman–Crippen MR) is 112 cm³/mol. The third-order valence-corrected chi connectivity index (χ3v) is 4.95. The van der Waals surface area contributed by atoms with Crippen LogP contribution < -0.4 is 10.6 Å². The van der Waals surface area contributed by atoms with E-state index < -0.39 is 0 Å². The standard InChI is InChI=1S/C24H25FN2O/c1-17-6-5-8-20(18(17)2)15-26-22-12-10-19(11-13-22)14-24(28)27-16-21-7-3-4-9-23(21)25/h3-13,26H,14-16H2,1-2H3,(H,27,28). The van der Waals surface area contributed by atoms with Gasteiger partial charge in [0.15, 0.2) is 0 Å². The third-order valence-electron chi connectivity index (χ3n) is 4.95. The third kappa shape index (κ3) is 5.19. The van der Waals surface area contributed by atoms with Crippen LogP contribution in [0.2, 0.25) is 0 Å². The smallest absolute Gasteiger partial charge is 0.224 e. The van der Waals surface area contributed by atoms with Gasteiger partial charge in [0.2, 0.25) is 5.91 Å². The van der Waals surface area contributed by atoms with Gasteiger partial charge in [-0.25, -0.2) is 4.39 Å². The van der Waals surface area contributed by atoms with Crippen molar-refractivity contribution in [3.63, 3.8) is 0 Å². The Morgan fingerprint density at radius 2 is 1.57 bits per heavy atom. The van der Waals surface area contributed by atoms with Crippen LogP contribution in [0.15, 0.2) is 66.7 Å². The zero-order chi connectivity index (χ0) is 19.9. The fraction of sp³-hybridized carbons (Fsp3) is 0.208. The average molecular weight is 376 g/mol. The van der Waals surface area contributed by atoms with Crippen LogP contribution in [-0.2, 0) is 24.3 Å². The normalized spacial score (nSPS) is 10.5. The molecule has 2 N–H and O–H groups in total. The highest BCUT2D eigenvalue weighted by atomic mass is 19.1. The Kier molecular flexibility index (Phi) is 6.43. The zero-order valence-electron chi connectivity index (χ0n) is 16.3. The summed E-state index contributed by atoms with van der Waals surface area (Å²) in [5.41, 5.74) is 6.28. The number of hydrogen-bond acceptors (Lipinski definition) is 2. The van der Waals surface area contributed by atoms with E-state index in [1.807, 2.05) is 24.3 Å². The van der Waals surface area contributed by atoms with E-state index >= 15 is 0 Å². The van der Waals surface area contributed by atoms with E-state index in [-0.39, 0.29) is 24.7 Å². The molecule has 0 saturated carbocycles. The molecule has 3 nitrogen and oxygen atoms in total. The topological polar surface area (TPSA) is 41.1 Å². The summed E-state index contributed by atoms with van der Waals surface area (Å²) in [6.45, 7) is 5.21. The quantitative estimate of drug-likeness (QED) is 0.615. The van der Waals surface area contributed by atoms with Crippen LogP contribution in [0.25, 0.3) is 0 Å². The van der Waals surface area contributed by atoms with Crippen molar-refractivity contribution >= 4 is 11.6 Å². The van der Waals surface area contributed by atoms with Crippen molar-refractivity contribution in [1.82, 2.24) is 5.32 Å². The Morgan fingerprint density at radius 3 is 2.32 bits per heavy atom. The Bertz CT molecular complexity index is 951. The maximum atomic E-state index is 13.6. The molecule has 0 aliphatic heterocycles. The number of aryl methyl sites for hydroxylation is 1. The van der Waals surface area contributed by atoms with Gasteiger partial charge in [-0.15, -0.1) is 0 Å². The van der Waals surface area contributed by atoms with Crippen LogP contribution in [0.4, 0.5) is 10.1 Å².